The number of ether oxygens (including phenoxy) is 2. The fraction of sp³-hybridized carbons (Fsp3) is 0.364. The Morgan fingerprint density at radius 2 is 1.79 bits per heavy atom. The Labute approximate surface area is 165 Å². The highest BCUT2D eigenvalue weighted by molar-refractivity contribution is 5.94. The summed E-state index contributed by atoms with van der Waals surface area (Å²) in [7, 11) is 3.23. The van der Waals surface area contributed by atoms with Crippen molar-refractivity contribution in [2.75, 3.05) is 27.3 Å². The number of nitrogens with one attached hydrogen (secondary N) is 1. The smallest absolute Gasteiger partial charge is 0.251 e. The maximum absolute atomic E-state index is 12.7. The molecule has 1 aliphatic heterocycles. The van der Waals surface area contributed by atoms with E-state index in [1.807, 2.05) is 42.2 Å². The number of methoxy groups -OCH3 is 2. The molecule has 1 heterocycles. The van der Waals surface area contributed by atoms with Gasteiger partial charge in [-0.3, -0.25) is 9.59 Å². The molecule has 0 unspecified atom stereocenters. The van der Waals surface area contributed by atoms with E-state index in [4.69, 9.17) is 9.47 Å². The van der Waals surface area contributed by atoms with Crippen LogP contribution in [0.5, 0.6) is 11.5 Å². The predicted octanol–water partition coefficient (Wildman–Crippen LogP) is 2.97. The molecular weight excluding hydrogens is 356 g/mol. The molecular formula is C22H26N2O4. The van der Waals surface area contributed by atoms with Crippen LogP contribution < -0.4 is 14.8 Å². The van der Waals surface area contributed by atoms with E-state index in [2.05, 4.69) is 5.32 Å². The predicted molar refractivity (Wildman–Crippen MR) is 107 cm³/mol. The van der Waals surface area contributed by atoms with Crippen LogP contribution in [-0.2, 0) is 11.2 Å². The third-order valence-electron chi connectivity index (χ3n) is 5.17. The van der Waals surface area contributed by atoms with Crippen molar-refractivity contribution in [2.45, 2.75) is 25.8 Å². The second-order valence-electron chi connectivity index (χ2n) is 6.79. The fourth-order valence-electron chi connectivity index (χ4n) is 3.60. The van der Waals surface area contributed by atoms with E-state index >= 15 is 0 Å². The summed E-state index contributed by atoms with van der Waals surface area (Å²) in [5, 5.41) is 2.81. The molecule has 0 fully saturated rings. The van der Waals surface area contributed by atoms with Gasteiger partial charge in [0.05, 0.1) is 20.3 Å². The van der Waals surface area contributed by atoms with Crippen molar-refractivity contribution in [3.8, 4) is 11.5 Å². The van der Waals surface area contributed by atoms with Crippen LogP contribution in [0, 0.1) is 0 Å². The molecule has 1 atom stereocenters. The standard InChI is InChI=1S/C22H26N2O4/c1-15-18-14-20(28-3)19(27-2)13-17(18)10-12-24(15)21(25)9-11-23-22(26)16-7-5-4-6-8-16/h4-8,13-15H,9-12H2,1-3H3,(H,23,26)/t15-/m0/s1. The lowest BCUT2D eigenvalue weighted by Crippen LogP contribution is -2.40. The molecule has 2 aromatic rings. The molecule has 6 heteroatoms. The van der Waals surface area contributed by atoms with Gasteiger partial charge in [-0.05, 0) is 48.7 Å². The molecule has 1 aliphatic rings. The van der Waals surface area contributed by atoms with E-state index in [9.17, 15) is 9.59 Å². The summed E-state index contributed by atoms with van der Waals surface area (Å²) < 4.78 is 10.8. The lowest BCUT2D eigenvalue weighted by Gasteiger charge is -2.36. The van der Waals surface area contributed by atoms with Crippen molar-refractivity contribution >= 4 is 11.8 Å². The first-order chi connectivity index (χ1) is 13.5. The number of hydrogen-bond acceptors (Lipinski definition) is 4. The van der Waals surface area contributed by atoms with Crippen LogP contribution >= 0.6 is 0 Å². The van der Waals surface area contributed by atoms with Crippen LogP contribution in [-0.4, -0.2) is 44.0 Å². The zero-order valence-corrected chi connectivity index (χ0v) is 16.5. The van der Waals surface area contributed by atoms with Crippen LogP contribution in [0.1, 0.15) is 40.9 Å². The number of hydrogen-bond donors (Lipinski definition) is 1. The molecule has 2 aromatic carbocycles. The van der Waals surface area contributed by atoms with Gasteiger partial charge in [-0.2, -0.15) is 0 Å². The summed E-state index contributed by atoms with van der Waals surface area (Å²) in [6.45, 7) is 2.98. The molecule has 0 spiro atoms. The maximum Gasteiger partial charge on any atom is 0.251 e. The van der Waals surface area contributed by atoms with Crippen LogP contribution in [0.25, 0.3) is 0 Å². The van der Waals surface area contributed by atoms with Gasteiger partial charge in [0.25, 0.3) is 5.91 Å². The van der Waals surface area contributed by atoms with E-state index in [1.54, 1.807) is 26.4 Å². The third kappa shape index (κ3) is 4.11. The third-order valence-corrected chi connectivity index (χ3v) is 5.17. The highest BCUT2D eigenvalue weighted by atomic mass is 16.5. The Morgan fingerprint density at radius 3 is 2.46 bits per heavy atom. The van der Waals surface area contributed by atoms with E-state index in [1.165, 1.54) is 5.56 Å². The summed E-state index contributed by atoms with van der Waals surface area (Å²) >= 11 is 0. The van der Waals surface area contributed by atoms with Crippen molar-refractivity contribution in [2.24, 2.45) is 0 Å². The van der Waals surface area contributed by atoms with Crippen molar-refractivity contribution in [1.29, 1.82) is 0 Å². The zero-order valence-electron chi connectivity index (χ0n) is 16.5. The van der Waals surface area contributed by atoms with E-state index in [0.717, 1.165) is 12.0 Å². The molecule has 6 nitrogen and oxygen atoms in total. The lowest BCUT2D eigenvalue weighted by atomic mass is 9.92. The quantitative estimate of drug-likeness (QED) is 0.834. The first kappa shape index (κ1) is 19.7. The van der Waals surface area contributed by atoms with Gasteiger partial charge >= 0.3 is 0 Å². The molecule has 0 saturated carbocycles. The summed E-state index contributed by atoms with van der Waals surface area (Å²) in [5.74, 6) is 1.23. The Balaban J connectivity index is 1.62. The topological polar surface area (TPSA) is 67.9 Å². The van der Waals surface area contributed by atoms with E-state index < -0.39 is 0 Å². The monoisotopic (exact) mass is 382 g/mol. The first-order valence-corrected chi connectivity index (χ1v) is 9.42. The fourth-order valence-corrected chi connectivity index (χ4v) is 3.60. The highest BCUT2D eigenvalue weighted by Gasteiger charge is 2.28. The van der Waals surface area contributed by atoms with Crippen LogP contribution in [0.2, 0.25) is 0 Å². The van der Waals surface area contributed by atoms with Gasteiger partial charge in [0.15, 0.2) is 11.5 Å². The molecule has 1 N–H and O–H groups in total. The summed E-state index contributed by atoms with van der Waals surface area (Å²) in [6, 6.07) is 12.9. The number of nitrogens with zero attached hydrogens (tertiary/aromatic N) is 1. The first-order valence-electron chi connectivity index (χ1n) is 9.42. The molecule has 3 rings (SSSR count). The number of benzene rings is 2. The Kier molecular flexibility index (Phi) is 6.19. The van der Waals surface area contributed by atoms with Crippen molar-refractivity contribution < 1.29 is 19.1 Å². The lowest BCUT2D eigenvalue weighted by molar-refractivity contribution is -0.133. The van der Waals surface area contributed by atoms with E-state index in [-0.39, 0.29) is 24.3 Å². The number of carbonyl (C=O) groups is 2. The largest absolute Gasteiger partial charge is 0.493 e. The van der Waals surface area contributed by atoms with Crippen molar-refractivity contribution in [3.05, 3.63) is 59.2 Å². The highest BCUT2D eigenvalue weighted by Crippen LogP contribution is 2.37. The molecule has 0 aliphatic carbocycles. The molecule has 28 heavy (non-hydrogen) atoms. The number of amides is 2. The molecule has 0 bridgehead atoms. The second kappa shape index (κ2) is 8.78. The average Bonchev–Trinajstić information content (AvgIpc) is 2.73. The van der Waals surface area contributed by atoms with Crippen LogP contribution in [0.15, 0.2) is 42.5 Å². The minimum Gasteiger partial charge on any atom is -0.493 e. The average molecular weight is 382 g/mol. The van der Waals surface area contributed by atoms with Gasteiger partial charge < -0.3 is 19.7 Å². The molecule has 0 radical (unpaired) electrons. The van der Waals surface area contributed by atoms with Gasteiger partial charge in [0.1, 0.15) is 0 Å². The minimum absolute atomic E-state index is 0.0290. The number of fused-ring (bicyclic) bond motifs is 1. The van der Waals surface area contributed by atoms with E-state index in [0.29, 0.717) is 30.2 Å². The Hall–Kier alpha value is -3.02. The minimum atomic E-state index is -0.165. The summed E-state index contributed by atoms with van der Waals surface area (Å²) in [6.07, 6.45) is 1.04. The van der Waals surface area contributed by atoms with Crippen LogP contribution in [0.4, 0.5) is 0 Å². The zero-order chi connectivity index (χ0) is 20.1. The van der Waals surface area contributed by atoms with Gasteiger partial charge in [-0.25, -0.2) is 0 Å². The summed E-state index contributed by atoms with van der Waals surface area (Å²) in [4.78, 5) is 26.7. The van der Waals surface area contributed by atoms with Gasteiger partial charge in [0, 0.05) is 25.1 Å². The van der Waals surface area contributed by atoms with Crippen molar-refractivity contribution in [3.63, 3.8) is 0 Å². The summed E-state index contributed by atoms with van der Waals surface area (Å²) in [5.41, 5.74) is 2.84. The second-order valence-corrected chi connectivity index (χ2v) is 6.79. The van der Waals surface area contributed by atoms with Gasteiger partial charge in [-0.15, -0.1) is 0 Å². The number of rotatable bonds is 6. The van der Waals surface area contributed by atoms with Gasteiger partial charge in [-0.1, -0.05) is 18.2 Å². The number of carbonyl (C=O) groups excluding carboxylic acids is 2. The maximum atomic E-state index is 12.7. The van der Waals surface area contributed by atoms with Gasteiger partial charge in [0.2, 0.25) is 5.91 Å². The molecule has 0 saturated heterocycles. The Morgan fingerprint density at radius 1 is 1.11 bits per heavy atom. The van der Waals surface area contributed by atoms with Crippen molar-refractivity contribution in [1.82, 2.24) is 10.2 Å². The SMILES string of the molecule is COc1cc2c(cc1OC)[C@H](C)N(C(=O)CCNC(=O)c1ccccc1)CC2. The van der Waals surface area contributed by atoms with Crippen LogP contribution in [0.3, 0.4) is 0 Å². The normalized spacial score (nSPS) is 15.5. The molecule has 2 amide bonds. The Bertz CT molecular complexity index is 851. The molecule has 0 aromatic heterocycles. The molecule has 148 valence electrons.